The summed E-state index contributed by atoms with van der Waals surface area (Å²) in [6.45, 7) is 0. The zero-order valence-corrected chi connectivity index (χ0v) is 19.8. The zero-order valence-electron chi connectivity index (χ0n) is 16.7. The van der Waals surface area contributed by atoms with Crippen LogP contribution in [0.1, 0.15) is 33.2 Å². The fraction of sp³-hybridized carbons (Fsp3) is 0.174. The Morgan fingerprint density at radius 1 is 0.969 bits per heavy atom. The molecule has 1 aliphatic rings. The monoisotopic (exact) mass is 508 g/mol. The molecule has 3 N–H and O–H groups in total. The van der Waals surface area contributed by atoms with Crippen LogP contribution in [-0.4, -0.2) is 20.4 Å². The lowest BCUT2D eigenvalue weighted by atomic mass is 9.88. The van der Waals surface area contributed by atoms with Gasteiger partial charge in [0.2, 0.25) is 0 Å². The van der Waals surface area contributed by atoms with E-state index in [4.69, 9.17) is 40.5 Å². The van der Waals surface area contributed by atoms with Crippen LogP contribution in [0.4, 0.5) is 5.69 Å². The Morgan fingerprint density at radius 3 is 2.34 bits per heavy atom. The fourth-order valence-electron chi connectivity index (χ4n) is 3.94. The van der Waals surface area contributed by atoms with Crippen LogP contribution in [0.15, 0.2) is 65.6 Å². The van der Waals surface area contributed by atoms with Gasteiger partial charge in [-0.05, 0) is 66.4 Å². The van der Waals surface area contributed by atoms with Gasteiger partial charge >= 0.3 is 0 Å². The third kappa shape index (κ3) is 4.51. The summed E-state index contributed by atoms with van der Waals surface area (Å²) in [4.78, 5) is 12.9. The van der Waals surface area contributed by atoms with Crippen LogP contribution >= 0.6 is 34.8 Å². The Labute approximate surface area is 201 Å². The number of anilines is 1. The van der Waals surface area contributed by atoms with Gasteiger partial charge in [0, 0.05) is 16.8 Å². The number of amides is 1. The number of hydrogen-bond donors (Lipinski definition) is 2. The molecular formula is C23H19Cl3N2O3S. The van der Waals surface area contributed by atoms with Gasteiger partial charge in [-0.25, -0.2) is 8.42 Å². The average molecular weight is 510 g/mol. The van der Waals surface area contributed by atoms with Gasteiger partial charge in [-0.2, -0.15) is 0 Å². The minimum Gasteiger partial charge on any atom is -0.327 e. The number of nitrogens with two attached hydrogens (primary N) is 1. The van der Waals surface area contributed by atoms with E-state index in [0.717, 1.165) is 5.56 Å². The molecule has 0 spiro atoms. The molecule has 0 saturated carbocycles. The molecule has 3 aromatic rings. The third-order valence-corrected chi connectivity index (χ3v) is 8.41. The number of halogens is 3. The van der Waals surface area contributed by atoms with Crippen LogP contribution in [0.3, 0.4) is 0 Å². The molecular weight excluding hydrogens is 491 g/mol. The molecule has 166 valence electrons. The van der Waals surface area contributed by atoms with E-state index in [2.05, 4.69) is 5.32 Å². The quantitative estimate of drug-likeness (QED) is 0.473. The van der Waals surface area contributed by atoms with Gasteiger partial charge in [-0.3, -0.25) is 4.79 Å². The Morgan fingerprint density at radius 2 is 1.66 bits per heavy atom. The Balaban J connectivity index is 1.72. The predicted octanol–water partition coefficient (Wildman–Crippen LogP) is 5.69. The Hall–Kier alpha value is -2.09. The lowest BCUT2D eigenvalue weighted by Crippen LogP contribution is -2.33. The molecule has 2 atom stereocenters. The molecule has 0 heterocycles. The van der Waals surface area contributed by atoms with Crippen molar-refractivity contribution in [2.75, 3.05) is 5.32 Å². The van der Waals surface area contributed by atoms with Crippen molar-refractivity contribution in [3.8, 4) is 0 Å². The van der Waals surface area contributed by atoms with Gasteiger partial charge in [0.1, 0.15) is 0 Å². The summed E-state index contributed by atoms with van der Waals surface area (Å²) < 4.78 is 26.9. The minimum absolute atomic E-state index is 0.132. The normalized spacial score (nSPS) is 18.1. The maximum atomic E-state index is 13.5. The summed E-state index contributed by atoms with van der Waals surface area (Å²) in [5.41, 5.74) is 8.20. The second-order valence-corrected chi connectivity index (χ2v) is 11.0. The van der Waals surface area contributed by atoms with E-state index >= 15 is 0 Å². The predicted molar refractivity (Wildman–Crippen MR) is 129 cm³/mol. The standard InChI is InChI=1S/C23H19Cl3N2O3S/c24-14-3-1-4-17(10-14)32(30,31)21-11-15(27)9-13-7-8-16(12-18(13)21)28-23(29)22-19(25)5-2-6-20(22)26/h1-8,10,12,15,21H,9,11,27H2,(H,28,29)/t15-,21?/m1/s1. The molecule has 1 amide bonds. The number of hydrogen-bond acceptors (Lipinski definition) is 4. The summed E-state index contributed by atoms with van der Waals surface area (Å²) in [5.74, 6) is -0.484. The van der Waals surface area contributed by atoms with Gasteiger partial charge in [0.05, 0.1) is 25.8 Å². The molecule has 1 aliphatic carbocycles. The zero-order chi connectivity index (χ0) is 23.0. The van der Waals surface area contributed by atoms with Gasteiger partial charge in [0.15, 0.2) is 9.84 Å². The molecule has 0 aromatic heterocycles. The topological polar surface area (TPSA) is 89.3 Å². The van der Waals surface area contributed by atoms with Crippen LogP contribution in [-0.2, 0) is 16.3 Å². The number of carbonyl (C=O) groups is 1. The lowest BCUT2D eigenvalue weighted by molar-refractivity contribution is 0.102. The minimum atomic E-state index is -3.76. The molecule has 32 heavy (non-hydrogen) atoms. The number of rotatable bonds is 4. The number of sulfone groups is 1. The van der Waals surface area contributed by atoms with Gasteiger partial charge in [-0.15, -0.1) is 0 Å². The molecule has 5 nitrogen and oxygen atoms in total. The maximum Gasteiger partial charge on any atom is 0.258 e. The summed E-state index contributed by atoms with van der Waals surface area (Å²) in [6.07, 6.45) is 0.803. The van der Waals surface area contributed by atoms with Crippen molar-refractivity contribution in [2.24, 2.45) is 5.73 Å². The molecule has 9 heteroatoms. The van der Waals surface area contributed by atoms with E-state index in [-0.39, 0.29) is 33.0 Å². The van der Waals surface area contributed by atoms with Gasteiger partial charge < -0.3 is 11.1 Å². The van der Waals surface area contributed by atoms with E-state index in [0.29, 0.717) is 22.7 Å². The van der Waals surface area contributed by atoms with Crippen molar-refractivity contribution in [3.05, 3.63) is 92.4 Å². The van der Waals surface area contributed by atoms with Gasteiger partial charge in [-0.1, -0.05) is 53.0 Å². The molecule has 0 radical (unpaired) electrons. The van der Waals surface area contributed by atoms with Crippen LogP contribution in [0.2, 0.25) is 15.1 Å². The molecule has 4 rings (SSSR count). The van der Waals surface area contributed by atoms with Crippen LogP contribution in [0.5, 0.6) is 0 Å². The smallest absolute Gasteiger partial charge is 0.258 e. The van der Waals surface area contributed by atoms with Crippen molar-refractivity contribution in [1.29, 1.82) is 0 Å². The maximum absolute atomic E-state index is 13.5. The van der Waals surface area contributed by atoms with E-state index in [1.165, 1.54) is 12.1 Å². The largest absolute Gasteiger partial charge is 0.327 e. The van der Waals surface area contributed by atoms with Crippen LogP contribution in [0, 0.1) is 0 Å². The third-order valence-electron chi connectivity index (χ3n) is 5.44. The first-order valence-corrected chi connectivity index (χ1v) is 12.5. The first kappa shape index (κ1) is 23.1. The van der Waals surface area contributed by atoms with Crippen molar-refractivity contribution in [3.63, 3.8) is 0 Å². The summed E-state index contributed by atoms with van der Waals surface area (Å²) >= 11 is 18.3. The van der Waals surface area contributed by atoms with E-state index in [1.807, 2.05) is 0 Å². The highest BCUT2D eigenvalue weighted by atomic mass is 35.5. The average Bonchev–Trinajstić information content (AvgIpc) is 2.73. The number of benzene rings is 3. The molecule has 3 aromatic carbocycles. The Bertz CT molecular complexity index is 1290. The number of carbonyl (C=O) groups excluding carboxylic acids is 1. The van der Waals surface area contributed by atoms with Crippen molar-refractivity contribution in [1.82, 2.24) is 0 Å². The lowest BCUT2D eigenvalue weighted by Gasteiger charge is -2.30. The van der Waals surface area contributed by atoms with Gasteiger partial charge in [0.25, 0.3) is 5.91 Å². The van der Waals surface area contributed by atoms with E-state index in [9.17, 15) is 13.2 Å². The first-order valence-electron chi connectivity index (χ1n) is 9.80. The highest BCUT2D eigenvalue weighted by Crippen LogP contribution is 2.40. The molecule has 0 bridgehead atoms. The Kier molecular flexibility index (Phi) is 6.52. The number of fused-ring (bicyclic) bond motifs is 1. The molecule has 0 aliphatic heterocycles. The van der Waals surface area contributed by atoms with Crippen LogP contribution in [0.25, 0.3) is 0 Å². The van der Waals surface area contributed by atoms with E-state index in [1.54, 1.807) is 48.5 Å². The fourth-order valence-corrected chi connectivity index (χ4v) is 6.70. The number of nitrogens with one attached hydrogen (secondary N) is 1. The highest BCUT2D eigenvalue weighted by molar-refractivity contribution is 7.91. The summed E-state index contributed by atoms with van der Waals surface area (Å²) in [5, 5.41) is 2.69. The second-order valence-electron chi connectivity index (χ2n) is 7.66. The molecule has 0 fully saturated rings. The van der Waals surface area contributed by atoms with Crippen molar-refractivity contribution < 1.29 is 13.2 Å². The van der Waals surface area contributed by atoms with Crippen molar-refractivity contribution in [2.45, 2.75) is 29.0 Å². The van der Waals surface area contributed by atoms with E-state index < -0.39 is 21.0 Å². The SMILES string of the molecule is N[C@@H]1Cc2ccc(NC(=O)c3c(Cl)cccc3Cl)cc2C(S(=O)(=O)c2cccc(Cl)c2)C1. The summed E-state index contributed by atoms with van der Waals surface area (Å²) in [6, 6.07) is 15.8. The van der Waals surface area contributed by atoms with Crippen LogP contribution < -0.4 is 11.1 Å². The second kappa shape index (κ2) is 9.04. The first-order chi connectivity index (χ1) is 15.2. The summed E-state index contributed by atoms with van der Waals surface area (Å²) in [7, 11) is -3.76. The van der Waals surface area contributed by atoms with Crippen molar-refractivity contribution >= 4 is 56.2 Å². The molecule has 1 unspecified atom stereocenters. The highest BCUT2D eigenvalue weighted by Gasteiger charge is 2.36. The molecule has 0 saturated heterocycles.